The number of hydrogen-bond acceptors (Lipinski definition) is 5. The van der Waals surface area contributed by atoms with Crippen molar-refractivity contribution in [3.05, 3.63) is 105 Å². The number of amides is 1. The molecule has 0 spiro atoms. The zero-order valence-electron chi connectivity index (χ0n) is 18.8. The van der Waals surface area contributed by atoms with Crippen LogP contribution >= 0.6 is 0 Å². The number of H-pyrrole nitrogens is 1. The molecule has 5 aromatic rings. The molecule has 3 heterocycles. The summed E-state index contributed by atoms with van der Waals surface area (Å²) in [6.45, 7) is 1.15. The van der Waals surface area contributed by atoms with Crippen LogP contribution in [0.2, 0.25) is 0 Å². The van der Waals surface area contributed by atoms with Gasteiger partial charge in [-0.25, -0.2) is 14.3 Å². The van der Waals surface area contributed by atoms with E-state index in [0.717, 1.165) is 34.4 Å². The molecule has 1 saturated heterocycles. The van der Waals surface area contributed by atoms with E-state index in [0.29, 0.717) is 35.2 Å². The summed E-state index contributed by atoms with van der Waals surface area (Å²) in [5, 5.41) is 0.347. The molecule has 174 valence electrons. The van der Waals surface area contributed by atoms with E-state index in [4.69, 9.17) is 4.42 Å². The lowest BCUT2D eigenvalue weighted by Crippen LogP contribution is -2.38. The van der Waals surface area contributed by atoms with Gasteiger partial charge in [0.05, 0.1) is 16.6 Å². The molecule has 0 unspecified atom stereocenters. The number of fused-ring (bicyclic) bond motifs is 2. The fraction of sp³-hybridized carbons (Fsp3) is 0.185. The highest BCUT2D eigenvalue weighted by Crippen LogP contribution is 2.30. The summed E-state index contributed by atoms with van der Waals surface area (Å²) in [4.78, 5) is 48.0. The van der Waals surface area contributed by atoms with Crippen LogP contribution in [0.4, 0.5) is 0 Å². The smallest absolute Gasteiger partial charge is 0.333 e. The number of benzene rings is 3. The number of oxazole rings is 1. The van der Waals surface area contributed by atoms with Gasteiger partial charge in [0.1, 0.15) is 5.52 Å². The fourth-order valence-corrected chi connectivity index (χ4v) is 4.74. The Hall–Kier alpha value is -4.46. The molecule has 1 N–H and O–H groups in total. The van der Waals surface area contributed by atoms with Crippen molar-refractivity contribution in [2.45, 2.75) is 18.8 Å². The van der Waals surface area contributed by atoms with Crippen molar-refractivity contribution in [1.82, 2.24) is 19.4 Å². The summed E-state index contributed by atoms with van der Waals surface area (Å²) in [6.07, 6.45) is 1.51. The average molecular weight is 466 g/mol. The number of nitrogens with zero attached hydrogens (tertiary/aromatic N) is 3. The molecule has 2 aromatic heterocycles. The highest BCUT2D eigenvalue weighted by Gasteiger charge is 2.28. The van der Waals surface area contributed by atoms with Gasteiger partial charge in [-0.15, -0.1) is 0 Å². The predicted octanol–water partition coefficient (Wildman–Crippen LogP) is 3.84. The predicted molar refractivity (Wildman–Crippen MR) is 132 cm³/mol. The SMILES string of the molecule is O=C(c1ccc2c(=O)n(-c3ccccc3)c(=O)[nH]c2c1)N1CCC(c2nc3ccccc3o2)CC1. The maximum Gasteiger partial charge on any atom is 0.333 e. The third-order valence-corrected chi connectivity index (χ3v) is 6.60. The average Bonchev–Trinajstić information content (AvgIpc) is 3.33. The van der Waals surface area contributed by atoms with Crippen LogP contribution in [0.25, 0.3) is 27.7 Å². The second-order valence-corrected chi connectivity index (χ2v) is 8.75. The van der Waals surface area contributed by atoms with E-state index in [-0.39, 0.29) is 11.8 Å². The van der Waals surface area contributed by atoms with Crippen LogP contribution in [0.5, 0.6) is 0 Å². The summed E-state index contributed by atoms with van der Waals surface area (Å²) in [5.74, 6) is 0.753. The quantitative estimate of drug-likeness (QED) is 0.435. The Morgan fingerprint density at radius 3 is 2.46 bits per heavy atom. The first-order chi connectivity index (χ1) is 17.1. The van der Waals surface area contributed by atoms with Gasteiger partial charge in [-0.3, -0.25) is 9.59 Å². The van der Waals surface area contributed by atoms with E-state index >= 15 is 0 Å². The van der Waals surface area contributed by atoms with Crippen molar-refractivity contribution in [1.29, 1.82) is 0 Å². The Kier molecular flexibility index (Phi) is 5.06. The topological polar surface area (TPSA) is 101 Å². The standard InChI is InChI=1S/C27H22N4O4/c32-25(30-14-12-17(13-15-30)24-28-21-8-4-5-9-23(21)35-24)18-10-11-20-22(16-18)29-27(34)31(26(20)33)19-6-2-1-3-7-19/h1-11,16-17H,12-15H2,(H,29,34). The van der Waals surface area contributed by atoms with Gasteiger partial charge in [-0.05, 0) is 55.3 Å². The van der Waals surface area contributed by atoms with E-state index < -0.39 is 11.2 Å². The van der Waals surface area contributed by atoms with E-state index in [1.165, 1.54) is 0 Å². The summed E-state index contributed by atoms with van der Waals surface area (Å²) in [6, 6.07) is 21.3. The maximum atomic E-state index is 13.2. The number of rotatable bonds is 3. The van der Waals surface area contributed by atoms with E-state index in [2.05, 4.69) is 9.97 Å². The lowest BCUT2D eigenvalue weighted by Gasteiger charge is -2.30. The van der Waals surface area contributed by atoms with Crippen molar-refractivity contribution in [3.8, 4) is 5.69 Å². The van der Waals surface area contributed by atoms with Crippen LogP contribution in [0.1, 0.15) is 35.0 Å². The van der Waals surface area contributed by atoms with Gasteiger partial charge in [-0.1, -0.05) is 30.3 Å². The number of carbonyl (C=O) groups is 1. The molecular weight excluding hydrogens is 444 g/mol. The summed E-state index contributed by atoms with van der Waals surface area (Å²) in [7, 11) is 0. The summed E-state index contributed by atoms with van der Waals surface area (Å²) < 4.78 is 7.02. The monoisotopic (exact) mass is 466 g/mol. The summed E-state index contributed by atoms with van der Waals surface area (Å²) in [5.41, 5.74) is 1.92. The third kappa shape index (κ3) is 3.73. The number of para-hydroxylation sites is 3. The molecule has 35 heavy (non-hydrogen) atoms. The van der Waals surface area contributed by atoms with Crippen LogP contribution in [0.15, 0.2) is 86.8 Å². The molecule has 0 bridgehead atoms. The van der Waals surface area contributed by atoms with Crippen molar-refractivity contribution >= 4 is 27.9 Å². The summed E-state index contributed by atoms with van der Waals surface area (Å²) >= 11 is 0. The molecule has 8 nitrogen and oxygen atoms in total. The number of hydrogen-bond donors (Lipinski definition) is 1. The highest BCUT2D eigenvalue weighted by atomic mass is 16.3. The molecule has 8 heteroatoms. The van der Waals surface area contributed by atoms with Gasteiger partial charge < -0.3 is 14.3 Å². The van der Waals surface area contributed by atoms with Crippen LogP contribution < -0.4 is 11.2 Å². The fourth-order valence-electron chi connectivity index (χ4n) is 4.74. The van der Waals surface area contributed by atoms with E-state index in [9.17, 15) is 14.4 Å². The minimum absolute atomic E-state index is 0.129. The van der Waals surface area contributed by atoms with Gasteiger partial charge in [0, 0.05) is 24.6 Å². The Labute approximate surface area is 199 Å². The molecule has 6 rings (SSSR count). The van der Waals surface area contributed by atoms with Gasteiger partial charge >= 0.3 is 5.69 Å². The first-order valence-electron chi connectivity index (χ1n) is 11.6. The van der Waals surface area contributed by atoms with Crippen molar-refractivity contribution in [2.75, 3.05) is 13.1 Å². The van der Waals surface area contributed by atoms with E-state index in [1.54, 1.807) is 47.4 Å². The Balaban J connectivity index is 1.23. The van der Waals surface area contributed by atoms with Crippen LogP contribution in [0.3, 0.4) is 0 Å². The minimum Gasteiger partial charge on any atom is -0.440 e. The van der Waals surface area contributed by atoms with E-state index in [1.807, 2.05) is 30.3 Å². The first-order valence-corrected chi connectivity index (χ1v) is 11.6. The zero-order chi connectivity index (χ0) is 23.9. The number of aromatic amines is 1. The second-order valence-electron chi connectivity index (χ2n) is 8.75. The Morgan fingerprint density at radius 2 is 1.69 bits per heavy atom. The Bertz CT molecular complexity index is 1640. The van der Waals surface area contributed by atoms with Crippen LogP contribution in [-0.2, 0) is 0 Å². The highest BCUT2D eigenvalue weighted by molar-refractivity contribution is 5.97. The van der Waals surface area contributed by atoms with Crippen molar-refractivity contribution < 1.29 is 9.21 Å². The number of piperidine rings is 1. The molecule has 1 aliphatic heterocycles. The molecular formula is C27H22N4O4. The van der Waals surface area contributed by atoms with Gasteiger partial charge in [0.15, 0.2) is 11.5 Å². The lowest BCUT2D eigenvalue weighted by atomic mass is 9.96. The molecule has 0 aliphatic carbocycles. The molecule has 0 saturated carbocycles. The van der Waals surface area contributed by atoms with Crippen molar-refractivity contribution in [3.63, 3.8) is 0 Å². The lowest BCUT2D eigenvalue weighted by molar-refractivity contribution is 0.0707. The molecule has 1 amide bonds. The number of likely N-dealkylation sites (tertiary alicyclic amines) is 1. The first kappa shape index (κ1) is 21.1. The Morgan fingerprint density at radius 1 is 0.943 bits per heavy atom. The maximum absolute atomic E-state index is 13.2. The molecule has 3 aromatic carbocycles. The molecule has 0 atom stereocenters. The number of nitrogens with one attached hydrogen (secondary N) is 1. The molecule has 0 radical (unpaired) electrons. The zero-order valence-corrected chi connectivity index (χ0v) is 18.8. The largest absolute Gasteiger partial charge is 0.440 e. The van der Waals surface area contributed by atoms with Crippen LogP contribution in [-0.4, -0.2) is 38.4 Å². The van der Waals surface area contributed by atoms with Gasteiger partial charge in [0.25, 0.3) is 11.5 Å². The van der Waals surface area contributed by atoms with Gasteiger partial charge in [-0.2, -0.15) is 0 Å². The molecule has 1 fully saturated rings. The second kappa shape index (κ2) is 8.39. The molecule has 1 aliphatic rings. The minimum atomic E-state index is -0.544. The number of carbonyl (C=O) groups excluding carboxylic acids is 1. The van der Waals surface area contributed by atoms with Crippen molar-refractivity contribution in [2.24, 2.45) is 0 Å². The normalized spacial score (nSPS) is 14.6. The number of aromatic nitrogens is 3. The third-order valence-electron chi connectivity index (χ3n) is 6.60. The van der Waals surface area contributed by atoms with Gasteiger partial charge in [0.2, 0.25) is 0 Å². The van der Waals surface area contributed by atoms with Crippen LogP contribution in [0, 0.1) is 0 Å².